The smallest absolute Gasteiger partial charge is 0.280 e. The van der Waals surface area contributed by atoms with E-state index in [-0.39, 0.29) is 5.96 Å². The van der Waals surface area contributed by atoms with Gasteiger partial charge in [-0.1, -0.05) is 29.3 Å². The van der Waals surface area contributed by atoms with Gasteiger partial charge in [-0.3, -0.25) is 9.78 Å². The number of nitrogens with two attached hydrogens (primary N) is 2. The molecule has 0 saturated heterocycles. The minimum Gasteiger partial charge on any atom is -0.370 e. The van der Waals surface area contributed by atoms with Gasteiger partial charge in [0.1, 0.15) is 0 Å². The van der Waals surface area contributed by atoms with Crippen molar-refractivity contribution in [1.82, 2.24) is 4.98 Å². The first kappa shape index (κ1) is 17.2. The van der Waals surface area contributed by atoms with Crippen LogP contribution in [0, 0.1) is 6.92 Å². The average molecular weight is 373 g/mol. The van der Waals surface area contributed by atoms with Crippen molar-refractivity contribution in [2.75, 3.05) is 0 Å². The first-order valence-electron chi connectivity index (χ1n) is 7.35. The molecule has 2 aromatic carbocycles. The van der Waals surface area contributed by atoms with Crippen molar-refractivity contribution in [3.8, 4) is 11.1 Å². The van der Waals surface area contributed by atoms with Crippen LogP contribution in [-0.2, 0) is 0 Å². The van der Waals surface area contributed by atoms with E-state index < -0.39 is 5.91 Å². The van der Waals surface area contributed by atoms with Gasteiger partial charge in [-0.25, -0.2) is 0 Å². The molecule has 0 aliphatic rings. The van der Waals surface area contributed by atoms with Gasteiger partial charge in [0.25, 0.3) is 5.91 Å². The number of aliphatic imine (C=N–C) groups is 1. The maximum Gasteiger partial charge on any atom is 0.280 e. The fraction of sp³-hybridized carbons (Fsp3) is 0.0556. The van der Waals surface area contributed by atoms with Crippen LogP contribution in [0.25, 0.3) is 22.0 Å². The Balaban J connectivity index is 2.28. The van der Waals surface area contributed by atoms with Crippen molar-refractivity contribution in [2.24, 2.45) is 16.5 Å². The van der Waals surface area contributed by atoms with Crippen LogP contribution < -0.4 is 11.5 Å². The van der Waals surface area contributed by atoms with E-state index in [4.69, 9.17) is 34.7 Å². The first-order valence-corrected chi connectivity index (χ1v) is 8.11. The Morgan fingerprint density at radius 2 is 1.88 bits per heavy atom. The Bertz CT molecular complexity index is 1030. The van der Waals surface area contributed by atoms with E-state index in [1.165, 1.54) is 0 Å². The maximum absolute atomic E-state index is 12.1. The second-order valence-electron chi connectivity index (χ2n) is 5.51. The van der Waals surface area contributed by atoms with E-state index >= 15 is 0 Å². The Morgan fingerprint density at radius 3 is 2.56 bits per heavy atom. The molecule has 0 aliphatic carbocycles. The van der Waals surface area contributed by atoms with Gasteiger partial charge in [-0.05, 0) is 48.4 Å². The van der Waals surface area contributed by atoms with E-state index in [0.717, 1.165) is 27.6 Å². The van der Waals surface area contributed by atoms with Crippen molar-refractivity contribution < 1.29 is 4.79 Å². The number of nitrogens with zero attached hydrogens (tertiary/aromatic N) is 2. The first-order chi connectivity index (χ1) is 11.9. The molecule has 3 aromatic rings. The van der Waals surface area contributed by atoms with E-state index in [2.05, 4.69) is 9.98 Å². The van der Waals surface area contributed by atoms with Crippen LogP contribution >= 0.6 is 23.2 Å². The minimum absolute atomic E-state index is 0.284. The van der Waals surface area contributed by atoms with E-state index in [1.807, 2.05) is 13.0 Å². The summed E-state index contributed by atoms with van der Waals surface area (Å²) in [6.07, 6.45) is 1.76. The fourth-order valence-corrected chi connectivity index (χ4v) is 3.16. The number of carbonyl (C=O) groups excluding carboxylic acids is 1. The van der Waals surface area contributed by atoms with Crippen molar-refractivity contribution in [3.63, 3.8) is 0 Å². The lowest BCUT2D eigenvalue weighted by Crippen LogP contribution is -2.24. The minimum atomic E-state index is -0.517. The molecule has 0 radical (unpaired) electrons. The third-order valence-electron chi connectivity index (χ3n) is 3.74. The summed E-state index contributed by atoms with van der Waals surface area (Å²) in [4.78, 5) is 20.1. The number of amides is 1. The van der Waals surface area contributed by atoms with Crippen molar-refractivity contribution >= 4 is 46.0 Å². The van der Waals surface area contributed by atoms with Gasteiger partial charge >= 0.3 is 0 Å². The molecular formula is C18H14Cl2N4O. The normalized spacial score (nSPS) is 10.7. The number of aryl methyl sites for hydroxylation is 1. The summed E-state index contributed by atoms with van der Waals surface area (Å²) in [5.41, 5.74) is 14.3. The Morgan fingerprint density at radius 1 is 1.12 bits per heavy atom. The number of hydrogen-bond acceptors (Lipinski definition) is 2. The molecular weight excluding hydrogens is 359 g/mol. The Labute approximate surface area is 154 Å². The van der Waals surface area contributed by atoms with E-state index in [0.29, 0.717) is 15.6 Å². The molecule has 126 valence electrons. The highest BCUT2D eigenvalue weighted by molar-refractivity contribution is 6.36. The van der Waals surface area contributed by atoms with Gasteiger partial charge in [-0.2, -0.15) is 4.99 Å². The summed E-state index contributed by atoms with van der Waals surface area (Å²) in [5, 5.41) is 1.85. The number of benzene rings is 2. The highest BCUT2D eigenvalue weighted by Crippen LogP contribution is 2.37. The van der Waals surface area contributed by atoms with E-state index in [1.54, 1.807) is 36.5 Å². The number of rotatable bonds is 2. The van der Waals surface area contributed by atoms with Gasteiger partial charge in [0.15, 0.2) is 5.96 Å². The van der Waals surface area contributed by atoms with E-state index in [9.17, 15) is 4.79 Å². The van der Waals surface area contributed by atoms with Gasteiger partial charge in [0.2, 0.25) is 0 Å². The summed E-state index contributed by atoms with van der Waals surface area (Å²) in [7, 11) is 0. The predicted molar refractivity (Wildman–Crippen MR) is 102 cm³/mol. The quantitative estimate of drug-likeness (QED) is 0.526. The largest absolute Gasteiger partial charge is 0.370 e. The molecule has 4 N–H and O–H groups in total. The molecule has 1 heterocycles. The summed E-state index contributed by atoms with van der Waals surface area (Å²) < 4.78 is 0. The third-order valence-corrected chi connectivity index (χ3v) is 4.28. The predicted octanol–water partition coefficient (Wildman–Crippen LogP) is 3.93. The fourth-order valence-electron chi connectivity index (χ4n) is 2.66. The molecule has 25 heavy (non-hydrogen) atoms. The standard InChI is InChI=1S/C18H14Cl2N4O/c1-9-8-23-15-5-2-10(17(25)24-18(21)22)6-13(15)16(9)12-4-3-11(19)7-14(12)20/h2-8H,1H3,(H4,21,22,24,25). The van der Waals surface area contributed by atoms with Gasteiger partial charge in [0, 0.05) is 32.8 Å². The molecule has 0 saturated carbocycles. The maximum atomic E-state index is 12.1. The highest BCUT2D eigenvalue weighted by atomic mass is 35.5. The molecule has 3 rings (SSSR count). The summed E-state index contributed by atoms with van der Waals surface area (Å²) in [5.74, 6) is -0.801. The Kier molecular flexibility index (Phi) is 4.61. The molecule has 0 bridgehead atoms. The molecule has 0 fully saturated rings. The van der Waals surface area contributed by atoms with Gasteiger partial charge in [-0.15, -0.1) is 0 Å². The number of guanidine groups is 1. The lowest BCUT2D eigenvalue weighted by Gasteiger charge is -2.12. The SMILES string of the molecule is Cc1cnc2ccc(C(=O)N=C(N)N)cc2c1-c1ccc(Cl)cc1Cl. The van der Waals surface area contributed by atoms with Crippen molar-refractivity contribution in [1.29, 1.82) is 0 Å². The summed E-state index contributed by atoms with van der Waals surface area (Å²) in [6.45, 7) is 1.93. The van der Waals surface area contributed by atoms with Crippen LogP contribution in [0.5, 0.6) is 0 Å². The zero-order valence-corrected chi connectivity index (χ0v) is 14.8. The van der Waals surface area contributed by atoms with Crippen LogP contribution in [0.15, 0.2) is 47.6 Å². The lowest BCUT2D eigenvalue weighted by atomic mass is 9.96. The average Bonchev–Trinajstić information content (AvgIpc) is 2.54. The second kappa shape index (κ2) is 6.70. The van der Waals surface area contributed by atoms with Crippen LogP contribution in [0.2, 0.25) is 10.0 Å². The molecule has 1 amide bonds. The molecule has 7 heteroatoms. The highest BCUT2D eigenvalue weighted by Gasteiger charge is 2.14. The van der Waals surface area contributed by atoms with Crippen molar-refractivity contribution in [3.05, 3.63) is 63.8 Å². The molecule has 1 aromatic heterocycles. The number of fused-ring (bicyclic) bond motifs is 1. The summed E-state index contributed by atoms with van der Waals surface area (Å²) in [6, 6.07) is 10.4. The van der Waals surface area contributed by atoms with Gasteiger partial charge < -0.3 is 11.5 Å². The lowest BCUT2D eigenvalue weighted by molar-refractivity contribution is 0.100. The molecule has 5 nitrogen and oxygen atoms in total. The molecule has 0 unspecified atom stereocenters. The van der Waals surface area contributed by atoms with Crippen LogP contribution in [0.4, 0.5) is 0 Å². The monoisotopic (exact) mass is 372 g/mol. The third kappa shape index (κ3) is 3.43. The number of pyridine rings is 1. The van der Waals surface area contributed by atoms with Crippen LogP contribution in [0.3, 0.4) is 0 Å². The number of hydrogen-bond donors (Lipinski definition) is 2. The number of halogens is 2. The zero-order valence-electron chi connectivity index (χ0n) is 13.3. The Hall–Kier alpha value is -2.63. The molecule has 0 aliphatic heterocycles. The summed E-state index contributed by atoms with van der Waals surface area (Å²) >= 11 is 12.4. The van der Waals surface area contributed by atoms with Crippen LogP contribution in [-0.4, -0.2) is 16.9 Å². The molecule has 0 atom stereocenters. The zero-order chi connectivity index (χ0) is 18.1. The molecule has 0 spiro atoms. The van der Waals surface area contributed by atoms with Crippen molar-refractivity contribution in [2.45, 2.75) is 6.92 Å². The number of aromatic nitrogens is 1. The topological polar surface area (TPSA) is 94.4 Å². The number of carbonyl (C=O) groups is 1. The van der Waals surface area contributed by atoms with Gasteiger partial charge in [0.05, 0.1) is 5.52 Å². The second-order valence-corrected chi connectivity index (χ2v) is 6.36. The van der Waals surface area contributed by atoms with Crippen LogP contribution in [0.1, 0.15) is 15.9 Å².